The van der Waals surface area contributed by atoms with Crippen molar-refractivity contribution in [1.29, 1.82) is 0 Å². The predicted molar refractivity (Wildman–Crippen MR) is 78.9 cm³/mol. The highest BCUT2D eigenvalue weighted by Gasteiger charge is 2.16. The van der Waals surface area contributed by atoms with E-state index in [9.17, 15) is 9.59 Å². The smallest absolute Gasteiger partial charge is 0.374 e. The summed E-state index contributed by atoms with van der Waals surface area (Å²) in [7, 11) is 0. The third-order valence-electron chi connectivity index (χ3n) is 2.95. The van der Waals surface area contributed by atoms with E-state index in [-0.39, 0.29) is 24.4 Å². The quantitative estimate of drug-likeness (QED) is 0.676. The number of hydrogen-bond acceptors (Lipinski definition) is 5. The molecule has 21 heavy (non-hydrogen) atoms. The Bertz CT molecular complexity index is 707. The van der Waals surface area contributed by atoms with Crippen LogP contribution in [0.25, 0.3) is 11.0 Å². The van der Waals surface area contributed by atoms with Crippen LogP contribution in [0.4, 0.5) is 0 Å². The number of fused-ring (bicyclic) bond motifs is 1. The second-order valence-corrected chi connectivity index (χ2v) is 5.09. The first-order chi connectivity index (χ1) is 10.1. The normalized spacial score (nSPS) is 12.3. The van der Waals surface area contributed by atoms with Gasteiger partial charge in [-0.15, -0.1) is 11.6 Å². The summed E-state index contributed by atoms with van der Waals surface area (Å²) < 4.78 is 10.4. The summed E-state index contributed by atoms with van der Waals surface area (Å²) in [5.74, 6) is -0.826. The molecule has 0 bridgehead atoms. The molecule has 1 heterocycles. The number of carbonyl (C=O) groups is 1. The Hall–Kier alpha value is -1.85. The topological polar surface area (TPSA) is 76.7 Å². The molecule has 0 saturated heterocycles. The van der Waals surface area contributed by atoms with Gasteiger partial charge in [-0.05, 0) is 25.0 Å². The van der Waals surface area contributed by atoms with Crippen LogP contribution in [0.2, 0.25) is 0 Å². The first-order valence-electron chi connectivity index (χ1n) is 6.54. The van der Waals surface area contributed by atoms with Crippen molar-refractivity contribution in [1.82, 2.24) is 0 Å². The van der Waals surface area contributed by atoms with Gasteiger partial charge in [0.25, 0.3) is 0 Å². The molecule has 0 aliphatic carbocycles. The van der Waals surface area contributed by atoms with Crippen molar-refractivity contribution in [3.63, 3.8) is 0 Å². The van der Waals surface area contributed by atoms with Crippen molar-refractivity contribution in [3.8, 4) is 0 Å². The Morgan fingerprint density at radius 1 is 1.48 bits per heavy atom. The minimum atomic E-state index is -0.684. The van der Waals surface area contributed by atoms with Crippen LogP contribution >= 0.6 is 11.6 Å². The molecule has 0 spiro atoms. The van der Waals surface area contributed by atoms with E-state index < -0.39 is 11.3 Å². The van der Waals surface area contributed by atoms with E-state index in [1.54, 1.807) is 25.1 Å². The van der Waals surface area contributed by atoms with Gasteiger partial charge in [-0.3, -0.25) is 4.79 Å². The average molecular weight is 311 g/mol. The third kappa shape index (κ3) is 3.43. The molecule has 112 valence electrons. The van der Waals surface area contributed by atoms with Crippen molar-refractivity contribution < 1.29 is 19.1 Å². The third-order valence-corrected chi connectivity index (χ3v) is 3.24. The summed E-state index contributed by atoms with van der Waals surface area (Å²) in [5.41, 5.74) is 0.633. The number of halogens is 1. The number of aliphatic hydroxyl groups excluding tert-OH is 1. The molecule has 1 aromatic heterocycles. The number of ether oxygens (including phenoxy) is 1. The van der Waals surface area contributed by atoms with Crippen molar-refractivity contribution in [3.05, 3.63) is 45.8 Å². The van der Waals surface area contributed by atoms with E-state index in [4.69, 9.17) is 25.9 Å². The number of esters is 1. The lowest BCUT2D eigenvalue weighted by atomic mass is 10.1. The maximum Gasteiger partial charge on any atom is 0.374 e. The van der Waals surface area contributed by atoms with E-state index in [0.29, 0.717) is 23.0 Å². The monoisotopic (exact) mass is 310 g/mol. The highest BCUT2D eigenvalue weighted by Crippen LogP contribution is 2.20. The summed E-state index contributed by atoms with van der Waals surface area (Å²) >= 11 is 5.93. The van der Waals surface area contributed by atoms with Crippen molar-refractivity contribution in [2.75, 3.05) is 13.2 Å². The summed E-state index contributed by atoms with van der Waals surface area (Å²) in [5, 5.41) is 8.91. The van der Waals surface area contributed by atoms with Gasteiger partial charge in [-0.2, -0.15) is 0 Å². The van der Waals surface area contributed by atoms with Crippen molar-refractivity contribution >= 4 is 28.5 Å². The molecule has 1 unspecified atom stereocenters. The van der Waals surface area contributed by atoms with Crippen LogP contribution in [0.5, 0.6) is 0 Å². The Labute approximate surface area is 126 Å². The Kier molecular flexibility index (Phi) is 4.98. The predicted octanol–water partition coefficient (Wildman–Crippen LogP) is 2.11. The fraction of sp³-hybridized carbons (Fsp3) is 0.333. The van der Waals surface area contributed by atoms with E-state index in [1.807, 2.05) is 0 Å². The van der Waals surface area contributed by atoms with Gasteiger partial charge in [0.1, 0.15) is 5.58 Å². The Morgan fingerprint density at radius 3 is 2.90 bits per heavy atom. The van der Waals surface area contributed by atoms with Crippen LogP contribution in [-0.4, -0.2) is 29.7 Å². The molecular weight excluding hydrogens is 296 g/mol. The Morgan fingerprint density at radius 2 is 2.24 bits per heavy atom. The standard InChI is InChI=1S/C15H15ClO5/c1-2-20-15(19)13-7-12(18)11-5-3-4-9(14(11)21-13)6-10(16)8-17/h3-5,7,10,17H,2,6,8H2,1H3. The minimum Gasteiger partial charge on any atom is -0.460 e. The van der Waals surface area contributed by atoms with Gasteiger partial charge in [0, 0.05) is 6.07 Å². The second kappa shape index (κ2) is 6.74. The van der Waals surface area contributed by atoms with Crippen LogP contribution < -0.4 is 5.43 Å². The zero-order valence-electron chi connectivity index (χ0n) is 11.5. The summed E-state index contributed by atoms with van der Waals surface area (Å²) in [6.07, 6.45) is 0.324. The molecule has 0 amide bonds. The lowest BCUT2D eigenvalue weighted by Crippen LogP contribution is -2.12. The first kappa shape index (κ1) is 15.5. The van der Waals surface area contributed by atoms with Gasteiger partial charge in [-0.25, -0.2) is 4.79 Å². The van der Waals surface area contributed by atoms with E-state index >= 15 is 0 Å². The number of benzene rings is 1. The van der Waals surface area contributed by atoms with Gasteiger partial charge in [0.05, 0.1) is 24.0 Å². The van der Waals surface area contributed by atoms with Crippen molar-refractivity contribution in [2.45, 2.75) is 18.7 Å². The minimum absolute atomic E-state index is 0.142. The maximum atomic E-state index is 12.1. The maximum absolute atomic E-state index is 12.1. The number of rotatable bonds is 5. The van der Waals surface area contributed by atoms with Gasteiger partial charge in [0.15, 0.2) is 5.43 Å². The number of alkyl halides is 1. The first-order valence-corrected chi connectivity index (χ1v) is 6.98. The zero-order chi connectivity index (χ0) is 15.4. The molecule has 0 saturated carbocycles. The number of aliphatic hydroxyl groups is 1. The van der Waals surface area contributed by atoms with Crippen LogP contribution in [0.15, 0.2) is 33.5 Å². The molecule has 0 fully saturated rings. The molecule has 2 rings (SSSR count). The number of hydrogen-bond donors (Lipinski definition) is 1. The number of para-hydroxylation sites is 1. The van der Waals surface area contributed by atoms with Gasteiger partial charge >= 0.3 is 5.97 Å². The summed E-state index contributed by atoms with van der Waals surface area (Å²) in [6, 6.07) is 6.18. The van der Waals surface area contributed by atoms with Crippen LogP contribution in [-0.2, 0) is 11.2 Å². The molecule has 2 aromatic rings. The fourth-order valence-corrected chi connectivity index (χ4v) is 2.17. The van der Waals surface area contributed by atoms with Crippen LogP contribution in [0.3, 0.4) is 0 Å². The summed E-state index contributed by atoms with van der Waals surface area (Å²) in [6.45, 7) is 1.66. The molecule has 0 radical (unpaired) electrons. The lowest BCUT2D eigenvalue weighted by Gasteiger charge is -2.09. The second-order valence-electron chi connectivity index (χ2n) is 4.47. The average Bonchev–Trinajstić information content (AvgIpc) is 2.48. The van der Waals surface area contributed by atoms with Gasteiger partial charge in [-0.1, -0.05) is 12.1 Å². The van der Waals surface area contributed by atoms with E-state index in [1.165, 1.54) is 0 Å². The molecular formula is C15H15ClO5. The Balaban J connectivity index is 2.56. The summed E-state index contributed by atoms with van der Waals surface area (Å²) in [4.78, 5) is 23.8. The molecule has 0 aliphatic rings. The van der Waals surface area contributed by atoms with E-state index in [2.05, 4.69) is 0 Å². The van der Waals surface area contributed by atoms with Crippen LogP contribution in [0, 0.1) is 0 Å². The highest BCUT2D eigenvalue weighted by atomic mass is 35.5. The highest BCUT2D eigenvalue weighted by molar-refractivity contribution is 6.20. The van der Waals surface area contributed by atoms with E-state index in [0.717, 1.165) is 6.07 Å². The molecule has 1 N–H and O–H groups in total. The number of carbonyl (C=O) groups excluding carboxylic acids is 1. The molecule has 1 aromatic carbocycles. The SMILES string of the molecule is CCOC(=O)c1cc(=O)c2cccc(CC(Cl)CO)c2o1. The molecule has 0 aliphatic heterocycles. The van der Waals surface area contributed by atoms with Crippen LogP contribution in [0.1, 0.15) is 23.0 Å². The van der Waals surface area contributed by atoms with Gasteiger partial charge in [0.2, 0.25) is 5.76 Å². The van der Waals surface area contributed by atoms with Crippen molar-refractivity contribution in [2.24, 2.45) is 0 Å². The lowest BCUT2D eigenvalue weighted by molar-refractivity contribution is 0.0490. The largest absolute Gasteiger partial charge is 0.460 e. The molecule has 6 heteroatoms. The molecule has 5 nitrogen and oxygen atoms in total. The molecule has 1 atom stereocenters. The fourth-order valence-electron chi connectivity index (χ4n) is 2.00. The van der Waals surface area contributed by atoms with Gasteiger partial charge < -0.3 is 14.3 Å². The zero-order valence-corrected chi connectivity index (χ0v) is 12.2.